The number of nitrogens with zero attached hydrogens (tertiary/aromatic N) is 3. The van der Waals surface area contributed by atoms with Crippen LogP contribution in [0.1, 0.15) is 82.5 Å². The van der Waals surface area contributed by atoms with Gasteiger partial charge in [0.15, 0.2) is 5.03 Å². The molecule has 2 aromatic heterocycles. The molecule has 41 heavy (non-hydrogen) atoms. The van der Waals surface area contributed by atoms with Crippen LogP contribution in [0.2, 0.25) is 0 Å². The molecule has 3 heterocycles. The first-order valence-corrected chi connectivity index (χ1v) is 16.4. The second-order valence-corrected chi connectivity index (χ2v) is 15.9. The molecule has 0 saturated heterocycles. The highest BCUT2D eigenvalue weighted by Gasteiger charge is 2.54. The van der Waals surface area contributed by atoms with Crippen molar-refractivity contribution in [3.8, 4) is 17.1 Å². The Labute approximate surface area is 244 Å². The van der Waals surface area contributed by atoms with Crippen LogP contribution in [0.5, 0.6) is 5.88 Å². The van der Waals surface area contributed by atoms with Gasteiger partial charge in [-0.05, 0) is 91.9 Å². The third kappa shape index (κ3) is 5.60. The van der Waals surface area contributed by atoms with Crippen molar-refractivity contribution in [2.24, 2.45) is 28.6 Å². The molecule has 4 bridgehead atoms. The average molecular weight is 575 g/mol. The van der Waals surface area contributed by atoms with Crippen LogP contribution in [0.4, 0.5) is 5.95 Å². The number of rotatable bonds is 3. The van der Waals surface area contributed by atoms with Crippen LogP contribution in [0.15, 0.2) is 47.5 Å². The summed E-state index contributed by atoms with van der Waals surface area (Å²) in [5.74, 6) is 1.86. The molecule has 1 aliphatic heterocycles. The van der Waals surface area contributed by atoms with Crippen molar-refractivity contribution in [1.82, 2.24) is 15.0 Å². The van der Waals surface area contributed by atoms with E-state index in [9.17, 15) is 8.42 Å². The molecule has 1 aromatic carbocycles. The van der Waals surface area contributed by atoms with E-state index in [2.05, 4.69) is 42.4 Å². The van der Waals surface area contributed by atoms with Gasteiger partial charge in [-0.25, -0.2) is 14.7 Å². The summed E-state index contributed by atoms with van der Waals surface area (Å²) < 4.78 is 36.4. The molecule has 6 rings (SSSR count). The highest BCUT2D eigenvalue weighted by Crippen LogP contribution is 2.65. The second-order valence-electron chi connectivity index (χ2n) is 14.2. The lowest BCUT2D eigenvalue weighted by molar-refractivity contribution is -0.0816. The lowest BCUT2D eigenvalue weighted by atomic mass is 9.45. The van der Waals surface area contributed by atoms with Gasteiger partial charge in [0, 0.05) is 29.2 Å². The maximum atomic E-state index is 13.6. The van der Waals surface area contributed by atoms with E-state index in [1.165, 1.54) is 25.7 Å². The molecule has 2 saturated carbocycles. The Kier molecular flexibility index (Phi) is 6.91. The van der Waals surface area contributed by atoms with Gasteiger partial charge in [0.2, 0.25) is 11.8 Å². The number of benzene rings is 1. The zero-order valence-corrected chi connectivity index (χ0v) is 25.9. The van der Waals surface area contributed by atoms with Crippen molar-refractivity contribution in [2.75, 3.05) is 11.3 Å². The molecule has 0 radical (unpaired) electrons. The number of nitrogens with one attached hydrogen (secondary N) is 1. The molecule has 218 valence electrons. The van der Waals surface area contributed by atoms with E-state index in [0.717, 1.165) is 34.7 Å². The van der Waals surface area contributed by atoms with Gasteiger partial charge in [0.05, 0.1) is 12.3 Å². The molecule has 8 heteroatoms. The minimum absolute atomic E-state index is 0.00456. The molecule has 7 nitrogen and oxygen atoms in total. The molecule has 3 aromatic rings. The van der Waals surface area contributed by atoms with Gasteiger partial charge >= 0.3 is 0 Å². The number of fused-ring (bicyclic) bond motifs is 4. The van der Waals surface area contributed by atoms with Crippen LogP contribution in [0, 0.1) is 42.4 Å². The molecular weight excluding hydrogens is 532 g/mol. The summed E-state index contributed by atoms with van der Waals surface area (Å²) in [6.45, 7) is 13.7. The Morgan fingerprint density at radius 3 is 2.32 bits per heavy atom. The standard InChI is InChI=1S/C33H42N4O3S/c1-20-14-33(15-20)17-23(18-33)30-24(16-32(4,5)6)19-40-27-13-26(29-21(2)9-7-10-22(29)3)35-31(36-27)37-41(38,39)28-12-8-11-25(30)34-28/h7-13,20,23-24,30H,14-19H2,1-6H3,(H,35,36,37)/t20?,23?,24-,30?,33?/m1/s1. The Balaban J connectivity index is 1.45. The number of aromatic nitrogens is 3. The summed E-state index contributed by atoms with van der Waals surface area (Å²) in [6, 6.07) is 13.3. The van der Waals surface area contributed by atoms with Gasteiger partial charge in [0.25, 0.3) is 10.0 Å². The first-order chi connectivity index (χ1) is 19.3. The normalized spacial score (nSPS) is 28.7. The molecule has 2 atom stereocenters. The smallest absolute Gasteiger partial charge is 0.281 e. The fourth-order valence-electron chi connectivity index (χ4n) is 8.02. The van der Waals surface area contributed by atoms with Crippen molar-refractivity contribution >= 4 is 16.0 Å². The lowest BCUT2D eigenvalue weighted by Crippen LogP contribution is -2.50. The van der Waals surface area contributed by atoms with Gasteiger partial charge in [-0.1, -0.05) is 52.0 Å². The maximum Gasteiger partial charge on any atom is 0.281 e. The van der Waals surface area contributed by atoms with Crippen LogP contribution in [-0.2, 0) is 10.0 Å². The van der Waals surface area contributed by atoms with Gasteiger partial charge in [-0.2, -0.15) is 13.4 Å². The minimum Gasteiger partial charge on any atom is -0.477 e. The number of ether oxygens (including phenoxy) is 1. The summed E-state index contributed by atoms with van der Waals surface area (Å²) in [4.78, 5) is 14.0. The van der Waals surface area contributed by atoms with Crippen LogP contribution >= 0.6 is 0 Å². The highest BCUT2D eigenvalue weighted by atomic mass is 32.2. The molecular formula is C33H42N4O3S. The zero-order valence-electron chi connectivity index (χ0n) is 25.1. The third-order valence-corrected chi connectivity index (χ3v) is 10.5. The quantitative estimate of drug-likeness (QED) is 0.352. The number of aryl methyl sites for hydroxylation is 2. The van der Waals surface area contributed by atoms with Gasteiger partial charge in [-0.3, -0.25) is 0 Å². The topological polar surface area (TPSA) is 94.1 Å². The van der Waals surface area contributed by atoms with Gasteiger partial charge < -0.3 is 4.74 Å². The first-order valence-electron chi connectivity index (χ1n) is 14.9. The molecule has 1 N–H and O–H groups in total. The number of hydrogen-bond acceptors (Lipinski definition) is 6. The number of pyridine rings is 1. The van der Waals surface area contributed by atoms with Gasteiger partial charge in [0.1, 0.15) is 0 Å². The van der Waals surface area contributed by atoms with Crippen molar-refractivity contribution in [3.05, 3.63) is 59.3 Å². The summed E-state index contributed by atoms with van der Waals surface area (Å²) >= 11 is 0. The summed E-state index contributed by atoms with van der Waals surface area (Å²) in [6.07, 6.45) is 5.87. The predicted octanol–water partition coefficient (Wildman–Crippen LogP) is 7.31. The van der Waals surface area contributed by atoms with Crippen molar-refractivity contribution in [1.29, 1.82) is 0 Å². The van der Waals surface area contributed by atoms with E-state index in [0.29, 0.717) is 29.5 Å². The molecule has 0 amide bonds. The zero-order chi connectivity index (χ0) is 29.2. The van der Waals surface area contributed by atoms with Crippen LogP contribution < -0.4 is 9.46 Å². The van der Waals surface area contributed by atoms with Crippen molar-refractivity contribution in [2.45, 2.75) is 84.6 Å². The number of sulfonamides is 1. The Morgan fingerprint density at radius 2 is 1.66 bits per heavy atom. The van der Waals surface area contributed by atoms with E-state index in [4.69, 9.17) is 9.72 Å². The molecule has 2 aliphatic carbocycles. The summed E-state index contributed by atoms with van der Waals surface area (Å²) in [5, 5.41) is 0.00456. The molecule has 1 spiro atoms. The fraction of sp³-hybridized carbons (Fsp3) is 0.545. The van der Waals surface area contributed by atoms with E-state index in [1.54, 1.807) is 6.07 Å². The third-order valence-electron chi connectivity index (χ3n) is 9.32. The second kappa shape index (κ2) is 10.1. The lowest BCUT2D eigenvalue weighted by Gasteiger charge is -2.60. The fourth-order valence-corrected chi connectivity index (χ4v) is 8.94. The minimum atomic E-state index is -4.02. The van der Waals surface area contributed by atoms with E-state index < -0.39 is 10.0 Å². The Hall–Kier alpha value is -3.00. The largest absolute Gasteiger partial charge is 0.477 e. The first kappa shape index (κ1) is 28.1. The summed E-state index contributed by atoms with van der Waals surface area (Å²) in [7, 11) is -4.02. The summed E-state index contributed by atoms with van der Waals surface area (Å²) in [5.41, 5.74) is 5.05. The predicted molar refractivity (Wildman–Crippen MR) is 161 cm³/mol. The van der Waals surface area contributed by atoms with Crippen LogP contribution in [0.3, 0.4) is 0 Å². The van der Waals surface area contributed by atoms with E-state index in [-0.39, 0.29) is 28.2 Å². The van der Waals surface area contributed by atoms with Crippen LogP contribution in [-0.4, -0.2) is 30.0 Å². The van der Waals surface area contributed by atoms with Crippen LogP contribution in [0.25, 0.3) is 11.3 Å². The highest BCUT2D eigenvalue weighted by molar-refractivity contribution is 7.92. The Bertz CT molecular complexity index is 1550. The van der Waals surface area contributed by atoms with E-state index in [1.807, 2.05) is 50.2 Å². The maximum absolute atomic E-state index is 13.6. The number of anilines is 1. The Morgan fingerprint density at radius 1 is 0.976 bits per heavy atom. The molecule has 3 aliphatic rings. The molecule has 1 unspecified atom stereocenters. The average Bonchev–Trinajstić information content (AvgIpc) is 2.83. The van der Waals surface area contributed by atoms with Crippen molar-refractivity contribution in [3.63, 3.8) is 0 Å². The van der Waals surface area contributed by atoms with E-state index >= 15 is 0 Å². The number of hydrogen-bond donors (Lipinski definition) is 1. The SMILES string of the molecule is Cc1cccc(C)c1-c1cc2nc(n1)NS(=O)(=O)c1cccc(n1)C(C1CC3(CC(C)C3)C1)[C@H](CC(C)(C)C)CO2. The molecule has 2 fully saturated rings. The monoisotopic (exact) mass is 574 g/mol. The van der Waals surface area contributed by atoms with Crippen molar-refractivity contribution < 1.29 is 13.2 Å². The van der Waals surface area contributed by atoms with Gasteiger partial charge in [-0.15, -0.1) is 0 Å².